The van der Waals surface area contributed by atoms with Gasteiger partial charge in [0, 0.05) is 76.4 Å². The summed E-state index contributed by atoms with van der Waals surface area (Å²) in [5.74, 6) is 2.00. The van der Waals surface area contributed by atoms with E-state index in [2.05, 4.69) is 62.2 Å². The molecule has 0 aromatic carbocycles. The number of nitrogens with zero attached hydrogens (tertiary/aromatic N) is 7. The molecule has 8 nitrogen and oxygen atoms in total. The van der Waals surface area contributed by atoms with Crippen molar-refractivity contribution >= 4 is 46.6 Å². The molecule has 2 aliphatic heterocycles. The number of rotatable bonds is 5. The Morgan fingerprint density at radius 2 is 1.89 bits per heavy atom. The first kappa shape index (κ1) is 23.6. The third-order valence-corrected chi connectivity index (χ3v) is 6.21. The van der Waals surface area contributed by atoms with Crippen LogP contribution in [0.5, 0.6) is 0 Å². The van der Waals surface area contributed by atoms with Gasteiger partial charge in [-0.15, -0.1) is 24.0 Å². The van der Waals surface area contributed by atoms with E-state index in [0.717, 1.165) is 82.2 Å². The molecule has 28 heavy (non-hydrogen) atoms. The highest BCUT2D eigenvalue weighted by molar-refractivity contribution is 14.0. The molecule has 1 aromatic heterocycles. The Bertz CT molecular complexity index is 616. The fourth-order valence-electron chi connectivity index (χ4n) is 3.54. The van der Waals surface area contributed by atoms with Crippen molar-refractivity contribution in [2.24, 2.45) is 4.99 Å². The van der Waals surface area contributed by atoms with E-state index < -0.39 is 0 Å². The molecule has 1 aromatic rings. The van der Waals surface area contributed by atoms with Gasteiger partial charge < -0.3 is 20.0 Å². The molecule has 1 unspecified atom stereocenters. The maximum absolute atomic E-state index is 4.98. The summed E-state index contributed by atoms with van der Waals surface area (Å²) >= 11 is 1.52. The molecule has 0 aliphatic carbocycles. The van der Waals surface area contributed by atoms with E-state index in [4.69, 9.17) is 4.99 Å². The molecular formula is C18H35IN8S. The minimum atomic E-state index is 0. The van der Waals surface area contributed by atoms with Crippen molar-refractivity contribution in [3.63, 3.8) is 0 Å². The van der Waals surface area contributed by atoms with Gasteiger partial charge >= 0.3 is 0 Å². The number of aliphatic imine (C=N–C) groups is 1. The summed E-state index contributed by atoms with van der Waals surface area (Å²) in [6.07, 6.45) is 0.901. The number of hydrogen-bond acceptors (Lipinski definition) is 7. The second kappa shape index (κ2) is 11.5. The predicted molar refractivity (Wildman–Crippen MR) is 128 cm³/mol. The van der Waals surface area contributed by atoms with Crippen LogP contribution in [0.25, 0.3) is 0 Å². The SMILES string of the molecule is CCNC(=NCC1CN(C)CCN1C)N1CCN(c2nc(CC)ns2)CC1.I. The summed E-state index contributed by atoms with van der Waals surface area (Å²) < 4.78 is 4.42. The Morgan fingerprint density at radius 1 is 1.14 bits per heavy atom. The average Bonchev–Trinajstić information content (AvgIpc) is 3.17. The van der Waals surface area contributed by atoms with Gasteiger partial charge in [0.2, 0.25) is 5.13 Å². The Morgan fingerprint density at radius 3 is 2.54 bits per heavy atom. The number of piperazine rings is 2. The highest BCUT2D eigenvalue weighted by atomic mass is 127. The fraction of sp³-hybridized carbons (Fsp3) is 0.833. The number of aromatic nitrogens is 2. The third kappa shape index (κ3) is 6.14. The second-order valence-electron chi connectivity index (χ2n) is 7.41. The second-order valence-corrected chi connectivity index (χ2v) is 8.14. The largest absolute Gasteiger partial charge is 0.357 e. The van der Waals surface area contributed by atoms with Gasteiger partial charge in [0.05, 0.1) is 6.54 Å². The molecule has 0 bridgehead atoms. The van der Waals surface area contributed by atoms with Crippen LogP contribution in [0.15, 0.2) is 4.99 Å². The molecule has 0 amide bonds. The molecule has 1 atom stereocenters. The van der Waals surface area contributed by atoms with Crippen LogP contribution in [0.4, 0.5) is 5.13 Å². The monoisotopic (exact) mass is 522 g/mol. The van der Waals surface area contributed by atoms with E-state index in [0.29, 0.717) is 6.04 Å². The molecule has 0 radical (unpaired) electrons. The minimum absolute atomic E-state index is 0. The summed E-state index contributed by atoms with van der Waals surface area (Å²) in [5, 5.41) is 4.54. The average molecular weight is 523 g/mol. The van der Waals surface area contributed by atoms with Gasteiger partial charge in [-0.05, 0) is 21.0 Å². The van der Waals surface area contributed by atoms with Crippen LogP contribution in [0.2, 0.25) is 0 Å². The lowest BCUT2D eigenvalue weighted by Gasteiger charge is -2.38. The molecule has 0 saturated carbocycles. The minimum Gasteiger partial charge on any atom is -0.357 e. The number of guanidine groups is 1. The van der Waals surface area contributed by atoms with E-state index in [-0.39, 0.29) is 24.0 Å². The Hall–Kier alpha value is -0.720. The van der Waals surface area contributed by atoms with Gasteiger partial charge in [-0.2, -0.15) is 4.37 Å². The maximum atomic E-state index is 4.98. The highest BCUT2D eigenvalue weighted by Gasteiger charge is 2.24. The first-order chi connectivity index (χ1) is 13.1. The van der Waals surface area contributed by atoms with Gasteiger partial charge in [0.15, 0.2) is 5.96 Å². The first-order valence-corrected chi connectivity index (χ1v) is 10.9. The van der Waals surface area contributed by atoms with Crippen molar-refractivity contribution < 1.29 is 0 Å². The number of aryl methyl sites for hydroxylation is 1. The van der Waals surface area contributed by atoms with Crippen molar-refractivity contribution in [1.29, 1.82) is 0 Å². The van der Waals surface area contributed by atoms with Crippen molar-refractivity contribution in [3.05, 3.63) is 5.82 Å². The summed E-state index contributed by atoms with van der Waals surface area (Å²) in [4.78, 5) is 19.2. The van der Waals surface area contributed by atoms with Crippen LogP contribution in [0, 0.1) is 0 Å². The summed E-state index contributed by atoms with van der Waals surface area (Å²) in [6.45, 7) is 13.2. The summed E-state index contributed by atoms with van der Waals surface area (Å²) in [5.41, 5.74) is 0. The number of likely N-dealkylation sites (N-methyl/N-ethyl adjacent to an activating group) is 2. The molecular weight excluding hydrogens is 487 g/mol. The van der Waals surface area contributed by atoms with Gasteiger partial charge in [-0.25, -0.2) is 4.98 Å². The highest BCUT2D eigenvalue weighted by Crippen LogP contribution is 2.19. The first-order valence-electron chi connectivity index (χ1n) is 10.1. The van der Waals surface area contributed by atoms with Crippen molar-refractivity contribution in [2.45, 2.75) is 26.3 Å². The number of anilines is 1. The van der Waals surface area contributed by atoms with Crippen LogP contribution in [0.1, 0.15) is 19.7 Å². The Labute approximate surface area is 190 Å². The number of halogens is 1. The zero-order chi connectivity index (χ0) is 19.2. The van der Waals surface area contributed by atoms with E-state index in [1.54, 1.807) is 0 Å². The molecule has 2 fully saturated rings. The standard InChI is InChI=1S/C18H34N8S.HI/c1-5-16-21-18(27-22-16)26-11-9-25(10-12-26)17(19-6-2)20-13-15-14-23(3)7-8-24(15)4;/h15H,5-14H2,1-4H3,(H,19,20);1H. The van der Waals surface area contributed by atoms with Gasteiger partial charge in [-0.3, -0.25) is 9.89 Å². The molecule has 0 spiro atoms. The maximum Gasteiger partial charge on any atom is 0.205 e. The molecule has 1 N–H and O–H groups in total. The van der Waals surface area contributed by atoms with Crippen molar-refractivity contribution in [1.82, 2.24) is 29.4 Å². The molecule has 3 rings (SSSR count). The Kier molecular flexibility index (Phi) is 9.64. The van der Waals surface area contributed by atoms with Gasteiger partial charge in [-0.1, -0.05) is 6.92 Å². The van der Waals surface area contributed by atoms with Crippen molar-refractivity contribution in [3.8, 4) is 0 Å². The fourth-order valence-corrected chi connectivity index (χ4v) is 4.34. The zero-order valence-corrected chi connectivity index (χ0v) is 20.7. The van der Waals surface area contributed by atoms with Crippen LogP contribution in [0.3, 0.4) is 0 Å². The lowest BCUT2D eigenvalue weighted by atomic mass is 10.2. The lowest BCUT2D eigenvalue weighted by Crippen LogP contribution is -2.54. The quantitative estimate of drug-likeness (QED) is 0.353. The van der Waals surface area contributed by atoms with Crippen molar-refractivity contribution in [2.75, 3.05) is 77.9 Å². The Balaban J connectivity index is 0.00000280. The van der Waals surface area contributed by atoms with E-state index in [1.807, 2.05) is 0 Å². The van der Waals surface area contributed by atoms with Gasteiger partial charge in [0.1, 0.15) is 5.82 Å². The van der Waals surface area contributed by atoms with Crippen LogP contribution >= 0.6 is 35.5 Å². The topological polar surface area (TPSA) is 63.1 Å². The molecule has 10 heteroatoms. The molecule has 2 saturated heterocycles. The molecule has 3 heterocycles. The van der Waals surface area contributed by atoms with E-state index in [9.17, 15) is 0 Å². The van der Waals surface area contributed by atoms with Crippen LogP contribution in [-0.2, 0) is 6.42 Å². The van der Waals surface area contributed by atoms with Gasteiger partial charge in [0.25, 0.3) is 0 Å². The lowest BCUT2D eigenvalue weighted by molar-refractivity contribution is 0.119. The van der Waals surface area contributed by atoms with E-state index >= 15 is 0 Å². The smallest absolute Gasteiger partial charge is 0.205 e. The number of hydrogen-bond donors (Lipinski definition) is 1. The van der Waals surface area contributed by atoms with E-state index in [1.165, 1.54) is 11.5 Å². The summed E-state index contributed by atoms with van der Waals surface area (Å²) in [6, 6.07) is 0.493. The third-order valence-electron chi connectivity index (χ3n) is 5.39. The van der Waals surface area contributed by atoms with Crippen LogP contribution < -0.4 is 10.2 Å². The number of nitrogens with one attached hydrogen (secondary N) is 1. The zero-order valence-electron chi connectivity index (χ0n) is 17.6. The van der Waals surface area contributed by atoms with Crippen LogP contribution in [-0.4, -0.2) is 109 Å². The molecule has 160 valence electrons. The molecule has 2 aliphatic rings. The predicted octanol–water partition coefficient (Wildman–Crippen LogP) is 1.05. The normalized spacial score (nSPS) is 22.3. The summed E-state index contributed by atoms with van der Waals surface area (Å²) in [7, 11) is 4.41.